The van der Waals surface area contributed by atoms with Gasteiger partial charge >= 0.3 is 6.03 Å². The van der Waals surface area contributed by atoms with E-state index < -0.39 is 0 Å². The van der Waals surface area contributed by atoms with Crippen LogP contribution in [0, 0.1) is 0 Å². The standard InChI is InChI=1S/C12H13BrN4O2S/c1-19-17-10-7-15-12(20-10)16-11(18)14-6-8-3-2-4-9(13)5-8/h2-5,7,17H,6H2,1H3,(H2,14,15,16,18). The van der Waals surface area contributed by atoms with Crippen LogP contribution in [0.4, 0.5) is 14.9 Å². The van der Waals surface area contributed by atoms with Crippen molar-refractivity contribution in [3.05, 3.63) is 40.5 Å². The summed E-state index contributed by atoms with van der Waals surface area (Å²) in [6, 6.07) is 7.44. The minimum Gasteiger partial charge on any atom is -0.334 e. The Balaban J connectivity index is 1.82. The Morgan fingerprint density at radius 2 is 2.35 bits per heavy atom. The molecule has 0 aliphatic heterocycles. The van der Waals surface area contributed by atoms with Gasteiger partial charge in [-0.3, -0.25) is 15.6 Å². The van der Waals surface area contributed by atoms with Crippen molar-refractivity contribution in [2.45, 2.75) is 6.54 Å². The lowest BCUT2D eigenvalue weighted by atomic mass is 10.2. The van der Waals surface area contributed by atoms with Crippen molar-refractivity contribution in [1.29, 1.82) is 0 Å². The fraction of sp³-hybridized carbons (Fsp3) is 0.167. The molecule has 1 aromatic heterocycles. The summed E-state index contributed by atoms with van der Waals surface area (Å²) in [5.74, 6) is 0. The Bertz CT molecular complexity index is 590. The van der Waals surface area contributed by atoms with Gasteiger partial charge in [-0.2, -0.15) is 0 Å². The van der Waals surface area contributed by atoms with Crippen LogP contribution in [0.3, 0.4) is 0 Å². The van der Waals surface area contributed by atoms with Gasteiger partial charge in [-0.15, -0.1) is 0 Å². The van der Waals surface area contributed by atoms with Gasteiger partial charge in [0.15, 0.2) is 5.13 Å². The van der Waals surface area contributed by atoms with Crippen LogP contribution >= 0.6 is 27.3 Å². The van der Waals surface area contributed by atoms with E-state index in [1.54, 1.807) is 6.20 Å². The largest absolute Gasteiger partial charge is 0.334 e. The molecule has 20 heavy (non-hydrogen) atoms. The number of nitrogens with zero attached hydrogens (tertiary/aromatic N) is 1. The van der Waals surface area contributed by atoms with E-state index in [2.05, 4.69) is 37.0 Å². The van der Waals surface area contributed by atoms with Gasteiger partial charge in [-0.1, -0.05) is 39.4 Å². The van der Waals surface area contributed by atoms with Crippen LogP contribution in [0.5, 0.6) is 0 Å². The smallest absolute Gasteiger partial charge is 0.321 e. The summed E-state index contributed by atoms with van der Waals surface area (Å²) in [7, 11) is 1.51. The molecule has 0 fully saturated rings. The SMILES string of the molecule is CONc1cnc(NC(=O)NCc2cccc(Br)c2)s1. The molecule has 1 heterocycles. The van der Waals surface area contributed by atoms with Crippen LogP contribution < -0.4 is 16.1 Å². The molecule has 1 aromatic carbocycles. The normalized spacial score (nSPS) is 10.1. The summed E-state index contributed by atoms with van der Waals surface area (Å²) in [5.41, 5.74) is 3.65. The topological polar surface area (TPSA) is 75.3 Å². The zero-order chi connectivity index (χ0) is 14.4. The molecule has 0 spiro atoms. The van der Waals surface area contributed by atoms with Crippen molar-refractivity contribution < 1.29 is 9.63 Å². The van der Waals surface area contributed by atoms with Crippen LogP contribution in [-0.2, 0) is 11.4 Å². The van der Waals surface area contributed by atoms with Crippen LogP contribution in [0.25, 0.3) is 0 Å². The highest BCUT2D eigenvalue weighted by Crippen LogP contribution is 2.22. The van der Waals surface area contributed by atoms with Gasteiger partial charge < -0.3 is 5.32 Å². The number of hydrogen-bond donors (Lipinski definition) is 3. The predicted molar refractivity (Wildman–Crippen MR) is 82.7 cm³/mol. The van der Waals surface area contributed by atoms with Crippen LogP contribution in [0.2, 0.25) is 0 Å². The maximum absolute atomic E-state index is 11.7. The molecular formula is C12H13BrN4O2S. The monoisotopic (exact) mass is 356 g/mol. The highest BCUT2D eigenvalue weighted by Gasteiger charge is 2.06. The number of rotatable bonds is 5. The first kappa shape index (κ1) is 14.8. The quantitative estimate of drug-likeness (QED) is 0.719. The van der Waals surface area contributed by atoms with Gasteiger partial charge in [0.25, 0.3) is 0 Å². The van der Waals surface area contributed by atoms with Crippen molar-refractivity contribution in [2.75, 3.05) is 17.9 Å². The zero-order valence-electron chi connectivity index (χ0n) is 10.6. The van der Waals surface area contributed by atoms with E-state index >= 15 is 0 Å². The molecule has 6 nitrogen and oxygen atoms in total. The van der Waals surface area contributed by atoms with Crippen molar-refractivity contribution >= 4 is 43.4 Å². The first-order chi connectivity index (χ1) is 9.67. The Labute approximate surface area is 128 Å². The first-order valence-corrected chi connectivity index (χ1v) is 7.32. The lowest BCUT2D eigenvalue weighted by Gasteiger charge is -2.05. The number of thiazole rings is 1. The van der Waals surface area contributed by atoms with E-state index in [9.17, 15) is 4.79 Å². The molecule has 0 atom stereocenters. The Morgan fingerprint density at radius 1 is 1.50 bits per heavy atom. The fourth-order valence-electron chi connectivity index (χ4n) is 1.45. The number of benzene rings is 1. The van der Waals surface area contributed by atoms with E-state index in [0.717, 1.165) is 15.0 Å². The van der Waals surface area contributed by atoms with E-state index in [0.29, 0.717) is 11.7 Å². The van der Waals surface area contributed by atoms with Gasteiger partial charge in [-0.25, -0.2) is 9.78 Å². The van der Waals surface area contributed by atoms with Crippen molar-refractivity contribution in [3.63, 3.8) is 0 Å². The summed E-state index contributed by atoms with van der Waals surface area (Å²) in [6.07, 6.45) is 1.58. The molecule has 2 aromatic rings. The third kappa shape index (κ3) is 4.48. The summed E-state index contributed by atoms with van der Waals surface area (Å²) in [4.78, 5) is 20.5. The molecule has 106 valence electrons. The number of amides is 2. The van der Waals surface area contributed by atoms with Gasteiger partial charge in [0.2, 0.25) is 0 Å². The number of nitrogens with one attached hydrogen (secondary N) is 3. The highest BCUT2D eigenvalue weighted by molar-refractivity contribution is 9.10. The second-order valence-corrected chi connectivity index (χ2v) is 5.72. The van der Waals surface area contributed by atoms with Crippen molar-refractivity contribution in [2.24, 2.45) is 0 Å². The number of anilines is 2. The number of hydrogen-bond acceptors (Lipinski definition) is 5. The van der Waals surface area contributed by atoms with Crippen LogP contribution in [-0.4, -0.2) is 18.1 Å². The Hall–Kier alpha value is -1.64. The predicted octanol–water partition coefficient (Wildman–Crippen LogP) is 3.20. The number of urea groups is 1. The highest BCUT2D eigenvalue weighted by atomic mass is 79.9. The maximum atomic E-state index is 11.7. The number of carbonyl (C=O) groups is 1. The molecule has 2 amide bonds. The van der Waals surface area contributed by atoms with Gasteiger partial charge in [0.1, 0.15) is 5.00 Å². The Morgan fingerprint density at radius 3 is 3.10 bits per heavy atom. The van der Waals surface area contributed by atoms with E-state index in [1.165, 1.54) is 18.4 Å². The minimum atomic E-state index is -0.303. The summed E-state index contributed by atoms with van der Waals surface area (Å²) >= 11 is 4.67. The molecule has 0 aliphatic rings. The molecule has 0 bridgehead atoms. The fourth-order valence-corrected chi connectivity index (χ4v) is 2.58. The molecule has 3 N–H and O–H groups in total. The van der Waals surface area contributed by atoms with E-state index in [1.807, 2.05) is 24.3 Å². The van der Waals surface area contributed by atoms with E-state index in [4.69, 9.17) is 4.84 Å². The van der Waals surface area contributed by atoms with Crippen LogP contribution in [0.1, 0.15) is 5.56 Å². The first-order valence-electron chi connectivity index (χ1n) is 5.71. The van der Waals surface area contributed by atoms with Gasteiger partial charge in [-0.05, 0) is 17.7 Å². The number of carbonyl (C=O) groups excluding carboxylic acids is 1. The summed E-state index contributed by atoms with van der Waals surface area (Å²) in [5, 5.41) is 6.63. The summed E-state index contributed by atoms with van der Waals surface area (Å²) in [6.45, 7) is 0.444. The second-order valence-electron chi connectivity index (χ2n) is 3.77. The molecule has 0 aliphatic carbocycles. The number of halogens is 1. The maximum Gasteiger partial charge on any atom is 0.321 e. The molecule has 2 rings (SSSR count). The molecule has 0 unspecified atom stereocenters. The van der Waals surface area contributed by atoms with Crippen molar-refractivity contribution in [3.8, 4) is 0 Å². The average molecular weight is 357 g/mol. The van der Waals surface area contributed by atoms with Gasteiger partial charge in [0.05, 0.1) is 13.3 Å². The van der Waals surface area contributed by atoms with Crippen molar-refractivity contribution in [1.82, 2.24) is 10.3 Å². The third-order valence-corrected chi connectivity index (χ3v) is 3.57. The Kier molecular flexibility index (Phi) is 5.33. The molecule has 0 saturated heterocycles. The average Bonchev–Trinajstić information content (AvgIpc) is 2.84. The molecule has 8 heteroatoms. The molecule has 0 radical (unpaired) electrons. The van der Waals surface area contributed by atoms with Crippen LogP contribution in [0.15, 0.2) is 34.9 Å². The lowest BCUT2D eigenvalue weighted by Crippen LogP contribution is -2.28. The zero-order valence-corrected chi connectivity index (χ0v) is 13.0. The number of aromatic nitrogens is 1. The second kappa shape index (κ2) is 7.22. The minimum absolute atomic E-state index is 0.303. The van der Waals surface area contributed by atoms with Gasteiger partial charge in [0, 0.05) is 11.0 Å². The summed E-state index contributed by atoms with van der Waals surface area (Å²) < 4.78 is 0.979. The molecule has 0 saturated carbocycles. The third-order valence-electron chi connectivity index (χ3n) is 2.27. The van der Waals surface area contributed by atoms with E-state index in [-0.39, 0.29) is 6.03 Å². The lowest BCUT2D eigenvalue weighted by molar-refractivity contribution is 0.251. The molecular weight excluding hydrogens is 344 g/mol.